The van der Waals surface area contributed by atoms with Crippen LogP contribution in [0.4, 0.5) is 5.69 Å². The molecule has 4 heteroatoms. The van der Waals surface area contributed by atoms with Gasteiger partial charge in [-0.15, -0.1) is 0 Å². The first-order valence-electron chi connectivity index (χ1n) is 6.88. The van der Waals surface area contributed by atoms with Gasteiger partial charge in [-0.2, -0.15) is 0 Å². The van der Waals surface area contributed by atoms with E-state index in [0.717, 1.165) is 11.1 Å². The second kappa shape index (κ2) is 5.29. The summed E-state index contributed by atoms with van der Waals surface area (Å²) in [7, 11) is 0. The molecule has 2 rings (SSSR count). The van der Waals surface area contributed by atoms with Crippen molar-refractivity contribution in [3.63, 3.8) is 0 Å². The highest BCUT2D eigenvalue weighted by molar-refractivity contribution is 5.44. The molecule has 1 saturated carbocycles. The minimum atomic E-state index is -0.307. The minimum absolute atomic E-state index is 0.213. The van der Waals surface area contributed by atoms with Gasteiger partial charge in [-0.25, -0.2) is 0 Å². The van der Waals surface area contributed by atoms with E-state index >= 15 is 0 Å². The van der Waals surface area contributed by atoms with Crippen molar-refractivity contribution in [1.29, 1.82) is 0 Å². The molecule has 0 saturated heterocycles. The van der Waals surface area contributed by atoms with Crippen LogP contribution in [-0.2, 0) is 6.54 Å². The standard InChI is InChI=1S/C15H22N2O2/c1-11-12(6-4-7-13(11)17(18)19)10-16-14-8-5-9-15(14,2)3/h4,6-7,14,16H,5,8-10H2,1-3H3. The van der Waals surface area contributed by atoms with Gasteiger partial charge in [0.1, 0.15) is 0 Å². The summed E-state index contributed by atoms with van der Waals surface area (Å²) in [6.45, 7) is 7.12. The summed E-state index contributed by atoms with van der Waals surface area (Å²) in [5.41, 5.74) is 2.34. The highest BCUT2D eigenvalue weighted by Gasteiger charge is 2.33. The van der Waals surface area contributed by atoms with Crippen molar-refractivity contribution in [2.75, 3.05) is 0 Å². The smallest absolute Gasteiger partial charge is 0.272 e. The molecule has 104 valence electrons. The van der Waals surface area contributed by atoms with Crippen LogP contribution in [0.15, 0.2) is 18.2 Å². The second-order valence-corrected chi connectivity index (χ2v) is 6.13. The zero-order chi connectivity index (χ0) is 14.0. The van der Waals surface area contributed by atoms with Gasteiger partial charge in [0.2, 0.25) is 0 Å². The molecule has 1 aromatic rings. The molecule has 1 unspecified atom stereocenters. The summed E-state index contributed by atoms with van der Waals surface area (Å²) in [6.07, 6.45) is 3.71. The maximum Gasteiger partial charge on any atom is 0.272 e. The van der Waals surface area contributed by atoms with Gasteiger partial charge in [0.05, 0.1) is 4.92 Å². The predicted molar refractivity (Wildman–Crippen MR) is 76.1 cm³/mol. The van der Waals surface area contributed by atoms with E-state index in [-0.39, 0.29) is 10.6 Å². The van der Waals surface area contributed by atoms with E-state index in [9.17, 15) is 10.1 Å². The Labute approximate surface area is 114 Å². The topological polar surface area (TPSA) is 55.2 Å². The third kappa shape index (κ3) is 2.95. The molecular formula is C15H22N2O2. The van der Waals surface area contributed by atoms with E-state index in [1.807, 2.05) is 13.0 Å². The molecule has 1 atom stereocenters. The van der Waals surface area contributed by atoms with Crippen LogP contribution in [0.5, 0.6) is 0 Å². The van der Waals surface area contributed by atoms with Gasteiger partial charge in [0.15, 0.2) is 0 Å². The lowest BCUT2D eigenvalue weighted by molar-refractivity contribution is -0.385. The molecule has 0 radical (unpaired) electrons. The molecule has 1 aromatic carbocycles. The van der Waals surface area contributed by atoms with Crippen LogP contribution in [0.2, 0.25) is 0 Å². The van der Waals surface area contributed by atoms with Crippen molar-refractivity contribution < 1.29 is 4.92 Å². The molecule has 1 N–H and O–H groups in total. The average molecular weight is 262 g/mol. The van der Waals surface area contributed by atoms with Crippen molar-refractivity contribution in [2.24, 2.45) is 5.41 Å². The van der Waals surface area contributed by atoms with E-state index in [2.05, 4.69) is 19.2 Å². The Bertz CT molecular complexity index is 483. The molecule has 19 heavy (non-hydrogen) atoms. The lowest BCUT2D eigenvalue weighted by atomic mass is 9.87. The van der Waals surface area contributed by atoms with Crippen molar-refractivity contribution >= 4 is 5.69 Å². The van der Waals surface area contributed by atoms with Gasteiger partial charge >= 0.3 is 0 Å². The molecule has 0 amide bonds. The van der Waals surface area contributed by atoms with Crippen LogP contribution in [0.3, 0.4) is 0 Å². The molecule has 0 spiro atoms. The van der Waals surface area contributed by atoms with Crippen LogP contribution in [0, 0.1) is 22.5 Å². The van der Waals surface area contributed by atoms with Crippen LogP contribution in [0.25, 0.3) is 0 Å². The van der Waals surface area contributed by atoms with E-state index < -0.39 is 0 Å². The summed E-state index contributed by atoms with van der Waals surface area (Å²) in [5.74, 6) is 0. The zero-order valence-electron chi connectivity index (χ0n) is 11.9. The summed E-state index contributed by atoms with van der Waals surface area (Å²) in [5, 5.41) is 14.5. The van der Waals surface area contributed by atoms with E-state index in [1.54, 1.807) is 12.1 Å². The fourth-order valence-corrected chi connectivity index (χ4v) is 3.00. The van der Waals surface area contributed by atoms with Crippen molar-refractivity contribution in [3.05, 3.63) is 39.4 Å². The maximum absolute atomic E-state index is 10.9. The van der Waals surface area contributed by atoms with Gasteiger partial charge in [-0.05, 0) is 30.7 Å². The van der Waals surface area contributed by atoms with E-state index in [1.165, 1.54) is 19.3 Å². The zero-order valence-corrected chi connectivity index (χ0v) is 11.9. The van der Waals surface area contributed by atoms with Crippen LogP contribution in [-0.4, -0.2) is 11.0 Å². The lowest BCUT2D eigenvalue weighted by Gasteiger charge is -2.28. The Hall–Kier alpha value is -1.42. The van der Waals surface area contributed by atoms with Gasteiger partial charge in [-0.3, -0.25) is 10.1 Å². The van der Waals surface area contributed by atoms with Gasteiger partial charge < -0.3 is 5.32 Å². The van der Waals surface area contributed by atoms with Crippen LogP contribution < -0.4 is 5.32 Å². The Morgan fingerprint density at radius 1 is 1.47 bits per heavy atom. The Morgan fingerprint density at radius 3 is 2.79 bits per heavy atom. The fourth-order valence-electron chi connectivity index (χ4n) is 3.00. The first-order valence-corrected chi connectivity index (χ1v) is 6.88. The van der Waals surface area contributed by atoms with Gasteiger partial charge in [0.25, 0.3) is 5.69 Å². The summed E-state index contributed by atoms with van der Waals surface area (Å²) < 4.78 is 0. The molecule has 0 aromatic heterocycles. The van der Waals surface area contributed by atoms with E-state index in [4.69, 9.17) is 0 Å². The Balaban J connectivity index is 2.08. The SMILES string of the molecule is Cc1c(CNC2CCCC2(C)C)cccc1[N+](=O)[O-]. The number of benzene rings is 1. The van der Waals surface area contributed by atoms with Crippen LogP contribution in [0.1, 0.15) is 44.2 Å². The lowest BCUT2D eigenvalue weighted by Crippen LogP contribution is -2.37. The molecule has 4 nitrogen and oxygen atoms in total. The van der Waals surface area contributed by atoms with E-state index in [0.29, 0.717) is 18.0 Å². The maximum atomic E-state index is 10.9. The third-order valence-corrected chi connectivity index (χ3v) is 4.41. The summed E-state index contributed by atoms with van der Waals surface area (Å²) in [4.78, 5) is 10.6. The fraction of sp³-hybridized carbons (Fsp3) is 0.600. The minimum Gasteiger partial charge on any atom is -0.309 e. The molecule has 1 aliphatic carbocycles. The van der Waals surface area contributed by atoms with Crippen molar-refractivity contribution in [3.8, 4) is 0 Å². The predicted octanol–water partition coefficient (Wildman–Crippen LogP) is 3.57. The number of nitrogens with zero attached hydrogens (tertiary/aromatic N) is 1. The number of nitro benzene ring substituents is 1. The molecule has 0 heterocycles. The molecule has 0 aliphatic heterocycles. The second-order valence-electron chi connectivity index (χ2n) is 6.13. The number of nitro groups is 1. The number of hydrogen-bond acceptors (Lipinski definition) is 3. The van der Waals surface area contributed by atoms with Crippen molar-refractivity contribution in [1.82, 2.24) is 5.32 Å². The van der Waals surface area contributed by atoms with Gasteiger partial charge in [0, 0.05) is 24.2 Å². The number of hydrogen-bond donors (Lipinski definition) is 1. The van der Waals surface area contributed by atoms with Crippen LogP contribution >= 0.6 is 0 Å². The Morgan fingerprint density at radius 2 is 2.21 bits per heavy atom. The normalized spacial score (nSPS) is 21.5. The highest BCUT2D eigenvalue weighted by atomic mass is 16.6. The molecule has 0 bridgehead atoms. The summed E-state index contributed by atoms with van der Waals surface area (Å²) in [6, 6.07) is 5.81. The Kier molecular flexibility index (Phi) is 3.90. The molecular weight excluding hydrogens is 240 g/mol. The first kappa shape index (κ1) is 14.0. The molecule has 1 fully saturated rings. The summed E-state index contributed by atoms with van der Waals surface area (Å²) >= 11 is 0. The van der Waals surface area contributed by atoms with Gasteiger partial charge in [-0.1, -0.05) is 32.4 Å². The first-order chi connectivity index (χ1) is 8.92. The van der Waals surface area contributed by atoms with Crippen molar-refractivity contribution in [2.45, 2.75) is 52.6 Å². The third-order valence-electron chi connectivity index (χ3n) is 4.41. The monoisotopic (exact) mass is 262 g/mol. The average Bonchev–Trinajstić information content (AvgIpc) is 2.67. The molecule has 1 aliphatic rings. The highest BCUT2D eigenvalue weighted by Crippen LogP contribution is 2.37. The number of rotatable bonds is 4. The largest absolute Gasteiger partial charge is 0.309 e. The quantitative estimate of drug-likeness (QED) is 0.666. The number of nitrogens with one attached hydrogen (secondary N) is 1.